The van der Waals surface area contributed by atoms with Crippen LogP contribution in [-0.4, -0.2) is 55.3 Å². The van der Waals surface area contributed by atoms with Crippen molar-refractivity contribution >= 4 is 11.9 Å². The molecular weight excluding hydrogens is 305 g/mol. The molecule has 1 aromatic carbocycles. The first-order chi connectivity index (χ1) is 10.9. The Hall–Kier alpha value is -2.15. The summed E-state index contributed by atoms with van der Waals surface area (Å²) in [5, 5.41) is 9.37. The lowest BCUT2D eigenvalue weighted by Crippen LogP contribution is -2.41. The number of aryl methyl sites for hydroxylation is 1. The summed E-state index contributed by atoms with van der Waals surface area (Å²) in [5.74, 6) is -1.88. The zero-order valence-corrected chi connectivity index (χ0v) is 13.2. The number of methoxy groups -OCH3 is 1. The Bertz CT molecular complexity index is 606. The molecular formula is C16H20FNO5. The lowest BCUT2D eigenvalue weighted by Gasteiger charge is -2.23. The van der Waals surface area contributed by atoms with Crippen LogP contribution in [-0.2, 0) is 14.3 Å². The fourth-order valence-corrected chi connectivity index (χ4v) is 2.67. The Kier molecular flexibility index (Phi) is 5.20. The minimum atomic E-state index is -1.08. The fourth-order valence-electron chi connectivity index (χ4n) is 2.67. The Labute approximate surface area is 133 Å². The van der Waals surface area contributed by atoms with Crippen molar-refractivity contribution in [3.8, 4) is 5.75 Å². The maximum atomic E-state index is 13.6. The minimum Gasteiger partial charge on any atom is -0.481 e. The van der Waals surface area contributed by atoms with Gasteiger partial charge in [-0.25, -0.2) is 4.39 Å². The van der Waals surface area contributed by atoms with Gasteiger partial charge < -0.3 is 19.5 Å². The van der Waals surface area contributed by atoms with E-state index in [9.17, 15) is 19.1 Å². The molecule has 1 unspecified atom stereocenters. The number of likely N-dealkylation sites (tertiary alicyclic amines) is 1. The molecule has 1 saturated heterocycles. The van der Waals surface area contributed by atoms with E-state index in [0.29, 0.717) is 13.0 Å². The Balaban J connectivity index is 1.97. The molecule has 0 radical (unpaired) electrons. The maximum Gasteiger partial charge on any atom is 0.313 e. The van der Waals surface area contributed by atoms with Crippen LogP contribution in [0.15, 0.2) is 18.2 Å². The van der Waals surface area contributed by atoms with Gasteiger partial charge in [-0.1, -0.05) is 6.07 Å². The lowest BCUT2D eigenvalue weighted by atomic mass is 9.88. The quantitative estimate of drug-likeness (QED) is 0.857. The molecule has 0 saturated carbocycles. The summed E-state index contributed by atoms with van der Waals surface area (Å²) < 4.78 is 23.8. The van der Waals surface area contributed by atoms with E-state index in [1.165, 1.54) is 24.1 Å². The van der Waals surface area contributed by atoms with Crippen molar-refractivity contribution in [2.24, 2.45) is 5.41 Å². The van der Waals surface area contributed by atoms with Crippen molar-refractivity contribution in [1.82, 2.24) is 4.90 Å². The lowest BCUT2D eigenvalue weighted by molar-refractivity contribution is -0.151. The molecule has 1 atom stereocenters. The zero-order valence-electron chi connectivity index (χ0n) is 13.2. The molecule has 6 nitrogen and oxygen atoms in total. The highest BCUT2D eigenvalue weighted by Crippen LogP contribution is 2.31. The van der Waals surface area contributed by atoms with Gasteiger partial charge in [-0.3, -0.25) is 9.59 Å². The third kappa shape index (κ3) is 3.79. The number of hydrogen-bond donors (Lipinski definition) is 1. The van der Waals surface area contributed by atoms with Gasteiger partial charge in [0.25, 0.3) is 5.91 Å². The third-order valence-corrected chi connectivity index (χ3v) is 4.02. The highest BCUT2D eigenvalue weighted by atomic mass is 19.1. The predicted octanol–water partition coefficient (Wildman–Crippen LogP) is 1.46. The summed E-state index contributed by atoms with van der Waals surface area (Å²) in [6.45, 7) is 1.88. The van der Waals surface area contributed by atoms with Crippen molar-refractivity contribution in [1.29, 1.82) is 0 Å². The van der Waals surface area contributed by atoms with Crippen molar-refractivity contribution in [2.45, 2.75) is 13.3 Å². The minimum absolute atomic E-state index is 0.0129. The van der Waals surface area contributed by atoms with Gasteiger partial charge in [0.2, 0.25) is 0 Å². The third-order valence-electron chi connectivity index (χ3n) is 4.02. The molecule has 1 fully saturated rings. The first kappa shape index (κ1) is 17.2. The maximum absolute atomic E-state index is 13.6. The average Bonchev–Trinajstić information content (AvgIpc) is 2.94. The standard InChI is InChI=1S/C16H20FNO5/c1-11-3-4-12(17)13(7-11)23-8-14(19)18-6-5-16(9-18,10-22-2)15(20)21/h3-4,7H,5-6,8-10H2,1-2H3,(H,20,21). The number of rotatable bonds is 6. The van der Waals surface area contributed by atoms with Gasteiger partial charge in [0.15, 0.2) is 18.2 Å². The van der Waals surface area contributed by atoms with E-state index in [0.717, 1.165) is 5.56 Å². The number of carboxylic acid groups (broad SMARTS) is 1. The average molecular weight is 325 g/mol. The van der Waals surface area contributed by atoms with Crippen LogP contribution >= 0.6 is 0 Å². The highest BCUT2D eigenvalue weighted by Gasteiger charge is 2.46. The SMILES string of the molecule is COCC1(C(=O)O)CCN(C(=O)COc2cc(C)ccc2F)C1. The molecule has 1 aromatic rings. The van der Waals surface area contributed by atoms with Crippen molar-refractivity contribution in [2.75, 3.05) is 33.4 Å². The number of carbonyl (C=O) groups is 2. The monoisotopic (exact) mass is 325 g/mol. The van der Waals surface area contributed by atoms with Crippen molar-refractivity contribution < 1.29 is 28.6 Å². The molecule has 2 rings (SSSR count). The Morgan fingerprint density at radius 1 is 1.43 bits per heavy atom. The summed E-state index contributed by atoms with van der Waals surface area (Å²) in [5.41, 5.74) is -0.265. The van der Waals surface area contributed by atoms with Gasteiger partial charge in [-0.05, 0) is 31.0 Å². The molecule has 0 spiro atoms. The van der Waals surface area contributed by atoms with Gasteiger partial charge in [0.05, 0.1) is 6.61 Å². The predicted molar refractivity (Wildman–Crippen MR) is 79.8 cm³/mol. The summed E-state index contributed by atoms with van der Waals surface area (Å²) in [4.78, 5) is 25.0. The van der Waals surface area contributed by atoms with Crippen molar-refractivity contribution in [3.63, 3.8) is 0 Å². The first-order valence-electron chi connectivity index (χ1n) is 7.27. The van der Waals surface area contributed by atoms with Crippen molar-refractivity contribution in [3.05, 3.63) is 29.6 Å². The van der Waals surface area contributed by atoms with Crippen LogP contribution in [0.5, 0.6) is 5.75 Å². The molecule has 0 aliphatic carbocycles. The van der Waals surface area contributed by atoms with E-state index in [1.54, 1.807) is 13.0 Å². The zero-order chi connectivity index (χ0) is 17.0. The molecule has 7 heteroatoms. The second kappa shape index (κ2) is 6.95. The molecule has 0 bridgehead atoms. The number of carboxylic acids is 1. The number of nitrogens with zero attached hydrogens (tertiary/aromatic N) is 1. The van der Waals surface area contributed by atoms with E-state index in [2.05, 4.69) is 0 Å². The Morgan fingerprint density at radius 2 is 2.17 bits per heavy atom. The Morgan fingerprint density at radius 3 is 2.83 bits per heavy atom. The number of benzene rings is 1. The number of halogens is 1. The molecule has 23 heavy (non-hydrogen) atoms. The van der Waals surface area contributed by atoms with E-state index in [4.69, 9.17) is 9.47 Å². The fraction of sp³-hybridized carbons (Fsp3) is 0.500. The van der Waals surface area contributed by atoms with E-state index < -0.39 is 17.2 Å². The molecule has 1 amide bonds. The molecule has 1 heterocycles. The molecule has 126 valence electrons. The summed E-state index contributed by atoms with van der Waals surface area (Å²) in [6.07, 6.45) is 0.320. The molecule has 1 aliphatic rings. The summed E-state index contributed by atoms with van der Waals surface area (Å²) in [7, 11) is 1.43. The van der Waals surface area contributed by atoms with Crippen LogP contribution in [0.25, 0.3) is 0 Å². The highest BCUT2D eigenvalue weighted by molar-refractivity contribution is 5.81. The number of ether oxygens (including phenoxy) is 2. The van der Waals surface area contributed by atoms with Gasteiger partial charge >= 0.3 is 5.97 Å². The van der Waals surface area contributed by atoms with E-state index >= 15 is 0 Å². The van der Waals surface area contributed by atoms with E-state index in [1.807, 2.05) is 0 Å². The molecule has 1 N–H and O–H groups in total. The summed E-state index contributed by atoms with van der Waals surface area (Å²) >= 11 is 0. The van der Waals surface area contributed by atoms with Crippen LogP contribution in [0.3, 0.4) is 0 Å². The second-order valence-corrected chi connectivity index (χ2v) is 5.81. The van der Waals surface area contributed by atoms with Crippen LogP contribution in [0.1, 0.15) is 12.0 Å². The summed E-state index contributed by atoms with van der Waals surface area (Å²) in [6, 6.07) is 4.40. The second-order valence-electron chi connectivity index (χ2n) is 5.81. The smallest absolute Gasteiger partial charge is 0.313 e. The largest absolute Gasteiger partial charge is 0.481 e. The van der Waals surface area contributed by atoms with Gasteiger partial charge in [-0.2, -0.15) is 0 Å². The number of aliphatic carboxylic acids is 1. The molecule has 1 aliphatic heterocycles. The normalized spacial score (nSPS) is 20.6. The number of amides is 1. The number of hydrogen-bond acceptors (Lipinski definition) is 4. The topological polar surface area (TPSA) is 76.1 Å². The van der Waals surface area contributed by atoms with Crippen LogP contribution in [0, 0.1) is 18.2 Å². The van der Waals surface area contributed by atoms with Gasteiger partial charge in [0, 0.05) is 20.2 Å². The number of carbonyl (C=O) groups excluding carboxylic acids is 1. The first-order valence-corrected chi connectivity index (χ1v) is 7.27. The van der Waals surface area contributed by atoms with Crippen LogP contribution in [0.2, 0.25) is 0 Å². The van der Waals surface area contributed by atoms with Gasteiger partial charge in [-0.15, -0.1) is 0 Å². The molecule has 0 aromatic heterocycles. The van der Waals surface area contributed by atoms with Crippen LogP contribution < -0.4 is 4.74 Å². The van der Waals surface area contributed by atoms with E-state index in [-0.39, 0.29) is 31.4 Å². The van der Waals surface area contributed by atoms with Crippen LogP contribution in [0.4, 0.5) is 4.39 Å². The van der Waals surface area contributed by atoms with Gasteiger partial charge in [0.1, 0.15) is 5.41 Å².